The highest BCUT2D eigenvalue weighted by atomic mass is 19.4. The van der Waals surface area contributed by atoms with E-state index in [1.54, 1.807) is 24.3 Å². The molecular weight excluding hydrogens is 395 g/mol. The van der Waals surface area contributed by atoms with E-state index in [0.29, 0.717) is 46.1 Å². The molecule has 0 saturated heterocycles. The van der Waals surface area contributed by atoms with Gasteiger partial charge in [0.25, 0.3) is 0 Å². The Bertz CT molecular complexity index is 1280. The Morgan fingerprint density at radius 2 is 1.77 bits per heavy atom. The van der Waals surface area contributed by atoms with Crippen LogP contribution < -0.4 is 5.32 Å². The predicted molar refractivity (Wildman–Crippen MR) is 103 cm³/mol. The Balaban J connectivity index is 1.67. The molecule has 4 heterocycles. The van der Waals surface area contributed by atoms with Crippen LogP contribution in [-0.4, -0.2) is 24.9 Å². The van der Waals surface area contributed by atoms with E-state index in [0.717, 1.165) is 5.56 Å². The topological polar surface area (TPSA) is 100 Å². The van der Waals surface area contributed by atoms with Gasteiger partial charge in [-0.1, -0.05) is 0 Å². The van der Waals surface area contributed by atoms with Crippen molar-refractivity contribution in [2.45, 2.75) is 13.1 Å². The summed E-state index contributed by atoms with van der Waals surface area (Å²) in [7, 11) is 0. The molecule has 148 valence electrons. The van der Waals surface area contributed by atoms with Crippen molar-refractivity contribution in [3.63, 3.8) is 0 Å². The molecule has 0 aliphatic heterocycles. The van der Waals surface area contributed by atoms with Gasteiger partial charge in [-0.15, -0.1) is 0 Å². The fourth-order valence-electron chi connectivity index (χ4n) is 2.83. The number of pyridine rings is 3. The maximum Gasteiger partial charge on any atom is 0.419 e. The molecule has 0 aliphatic rings. The largest absolute Gasteiger partial charge is 0.419 e. The lowest BCUT2D eigenvalue weighted by Gasteiger charge is -2.10. The molecule has 0 atom stereocenters. The summed E-state index contributed by atoms with van der Waals surface area (Å²) in [6.07, 6.45) is -0.0746. The molecule has 30 heavy (non-hydrogen) atoms. The summed E-state index contributed by atoms with van der Waals surface area (Å²) < 4.78 is 38.0. The first-order chi connectivity index (χ1) is 14.3. The van der Waals surface area contributed by atoms with Crippen LogP contribution in [-0.2, 0) is 6.18 Å². The zero-order valence-electron chi connectivity index (χ0n) is 15.4. The van der Waals surface area contributed by atoms with E-state index < -0.39 is 11.7 Å². The molecule has 4 aromatic heterocycles. The van der Waals surface area contributed by atoms with E-state index in [1.165, 1.54) is 12.4 Å². The van der Waals surface area contributed by atoms with E-state index in [4.69, 9.17) is 5.26 Å². The fourth-order valence-corrected chi connectivity index (χ4v) is 2.83. The van der Waals surface area contributed by atoms with Crippen molar-refractivity contribution in [1.29, 1.82) is 5.26 Å². The highest BCUT2D eigenvalue weighted by molar-refractivity contribution is 5.91. The molecule has 0 fully saturated rings. The number of hydrogen-bond acceptors (Lipinski definition) is 7. The van der Waals surface area contributed by atoms with Crippen molar-refractivity contribution in [3.05, 3.63) is 65.7 Å². The predicted octanol–water partition coefficient (Wildman–Crippen LogP) is 4.42. The lowest BCUT2D eigenvalue weighted by atomic mass is 10.1. The zero-order valence-corrected chi connectivity index (χ0v) is 15.4. The summed E-state index contributed by atoms with van der Waals surface area (Å²) in [5, 5.41) is 12.5. The van der Waals surface area contributed by atoms with Gasteiger partial charge in [-0.2, -0.15) is 18.4 Å². The Labute approximate surface area is 168 Å². The number of nitrogens with zero attached hydrogens (tertiary/aromatic N) is 6. The minimum atomic E-state index is -4.50. The van der Waals surface area contributed by atoms with E-state index in [2.05, 4.69) is 30.2 Å². The van der Waals surface area contributed by atoms with Crippen LogP contribution in [0.3, 0.4) is 0 Å². The minimum absolute atomic E-state index is 0.0178. The number of halogens is 3. The first-order valence-corrected chi connectivity index (χ1v) is 8.64. The molecule has 0 bridgehead atoms. The zero-order chi connectivity index (χ0) is 21.3. The second kappa shape index (κ2) is 7.36. The van der Waals surface area contributed by atoms with Gasteiger partial charge in [-0.05, 0) is 36.8 Å². The Morgan fingerprint density at radius 3 is 2.43 bits per heavy atom. The maximum absolute atomic E-state index is 12.7. The first kappa shape index (κ1) is 19.2. The van der Waals surface area contributed by atoms with E-state index >= 15 is 0 Å². The molecule has 0 radical (unpaired) electrons. The van der Waals surface area contributed by atoms with Crippen LogP contribution in [0.1, 0.15) is 16.7 Å². The van der Waals surface area contributed by atoms with Gasteiger partial charge in [-0.3, -0.25) is 4.98 Å². The van der Waals surface area contributed by atoms with Gasteiger partial charge in [0.05, 0.1) is 28.2 Å². The van der Waals surface area contributed by atoms with Crippen LogP contribution in [0.5, 0.6) is 0 Å². The van der Waals surface area contributed by atoms with Crippen molar-refractivity contribution in [3.8, 4) is 17.5 Å². The molecule has 4 aromatic rings. The second-order valence-corrected chi connectivity index (χ2v) is 6.35. The van der Waals surface area contributed by atoms with E-state index in [1.807, 2.05) is 13.0 Å². The molecular formula is C20H12F3N7. The number of anilines is 2. The van der Waals surface area contributed by atoms with Crippen LogP contribution in [0.2, 0.25) is 0 Å². The van der Waals surface area contributed by atoms with Crippen molar-refractivity contribution in [1.82, 2.24) is 24.9 Å². The summed E-state index contributed by atoms with van der Waals surface area (Å²) in [5.41, 5.74) is 2.50. The van der Waals surface area contributed by atoms with Gasteiger partial charge in [-0.25, -0.2) is 19.9 Å². The van der Waals surface area contributed by atoms with Crippen LogP contribution in [0, 0.1) is 18.3 Å². The first-order valence-electron chi connectivity index (χ1n) is 8.64. The molecule has 0 spiro atoms. The molecule has 7 nitrogen and oxygen atoms in total. The van der Waals surface area contributed by atoms with E-state index in [-0.39, 0.29) is 5.95 Å². The van der Waals surface area contributed by atoms with Crippen LogP contribution >= 0.6 is 0 Å². The number of fused-ring (bicyclic) bond motifs is 1. The number of hydrogen-bond donors (Lipinski definition) is 1. The Hall–Kier alpha value is -4.13. The quantitative estimate of drug-likeness (QED) is 0.536. The third kappa shape index (κ3) is 3.73. The van der Waals surface area contributed by atoms with Gasteiger partial charge >= 0.3 is 6.18 Å². The highest BCUT2D eigenvalue weighted by Gasteiger charge is 2.31. The summed E-state index contributed by atoms with van der Waals surface area (Å²) in [6.45, 7) is 1.84. The number of aryl methyl sites for hydroxylation is 1. The summed E-state index contributed by atoms with van der Waals surface area (Å²) in [4.78, 5) is 20.5. The van der Waals surface area contributed by atoms with Gasteiger partial charge in [0.15, 0.2) is 5.65 Å². The standard InChI is InChI=1S/C20H12F3N7/c1-11-6-12(7-24)8-26-17(11)16-3-2-14-15(4-5-25-18(14)29-16)30-19-27-9-13(10-28-19)20(21,22)23/h2-6,8-10H,1H3,(H,25,27,28,29,30). The SMILES string of the molecule is Cc1cc(C#N)cnc1-c1ccc2c(Nc3ncc(C(F)(F)F)cn3)ccnc2n1. The summed E-state index contributed by atoms with van der Waals surface area (Å²) in [6, 6.07) is 8.94. The van der Waals surface area contributed by atoms with Gasteiger partial charge in [0, 0.05) is 30.2 Å². The van der Waals surface area contributed by atoms with Crippen LogP contribution in [0.4, 0.5) is 24.8 Å². The maximum atomic E-state index is 12.7. The number of aromatic nitrogens is 5. The smallest absolute Gasteiger partial charge is 0.323 e. The van der Waals surface area contributed by atoms with E-state index in [9.17, 15) is 13.2 Å². The van der Waals surface area contributed by atoms with Gasteiger partial charge < -0.3 is 5.32 Å². The van der Waals surface area contributed by atoms with Gasteiger partial charge in [0.1, 0.15) is 6.07 Å². The molecule has 0 saturated carbocycles. The average Bonchev–Trinajstić information content (AvgIpc) is 2.73. The normalized spacial score (nSPS) is 11.3. The van der Waals surface area contributed by atoms with Crippen molar-refractivity contribution >= 4 is 22.7 Å². The Kier molecular flexibility index (Phi) is 4.71. The molecule has 1 N–H and O–H groups in total. The minimum Gasteiger partial charge on any atom is -0.323 e. The third-order valence-corrected chi connectivity index (χ3v) is 4.28. The number of alkyl halides is 3. The third-order valence-electron chi connectivity index (χ3n) is 4.28. The number of rotatable bonds is 3. The molecule has 0 aromatic carbocycles. The average molecular weight is 407 g/mol. The summed E-state index contributed by atoms with van der Waals surface area (Å²) >= 11 is 0. The number of nitrogens with one attached hydrogen (secondary N) is 1. The number of nitriles is 1. The van der Waals surface area contributed by atoms with Crippen molar-refractivity contribution in [2.24, 2.45) is 0 Å². The molecule has 0 amide bonds. The fraction of sp³-hybridized carbons (Fsp3) is 0.100. The van der Waals surface area contributed by atoms with Crippen molar-refractivity contribution in [2.75, 3.05) is 5.32 Å². The molecule has 4 rings (SSSR count). The van der Waals surface area contributed by atoms with Crippen LogP contribution in [0.15, 0.2) is 49.1 Å². The lowest BCUT2D eigenvalue weighted by Crippen LogP contribution is -2.07. The summed E-state index contributed by atoms with van der Waals surface area (Å²) in [5.74, 6) is 0.0178. The lowest BCUT2D eigenvalue weighted by molar-refractivity contribution is -0.138. The molecule has 10 heteroatoms. The van der Waals surface area contributed by atoms with Gasteiger partial charge in [0.2, 0.25) is 5.95 Å². The monoisotopic (exact) mass is 407 g/mol. The Morgan fingerprint density at radius 1 is 1.00 bits per heavy atom. The van der Waals surface area contributed by atoms with Crippen LogP contribution in [0.25, 0.3) is 22.4 Å². The molecule has 0 aliphatic carbocycles. The van der Waals surface area contributed by atoms with Crippen molar-refractivity contribution < 1.29 is 13.2 Å². The molecule has 0 unspecified atom stereocenters. The second-order valence-electron chi connectivity index (χ2n) is 6.35. The highest BCUT2D eigenvalue weighted by Crippen LogP contribution is 2.29.